The molecular formula is C7H6BrNO3S. The molecule has 13 heavy (non-hydrogen) atoms. The fraction of sp³-hybridized carbons (Fsp3) is 0.143. The molecule has 0 saturated carbocycles. The highest BCUT2D eigenvalue weighted by molar-refractivity contribution is 9.10. The molecule has 0 aliphatic rings. The molecule has 1 rings (SSSR count). The lowest BCUT2D eigenvalue weighted by Crippen LogP contribution is -1.92. The lowest BCUT2D eigenvalue weighted by atomic mass is 10.3. The Morgan fingerprint density at radius 2 is 2.23 bits per heavy atom. The van der Waals surface area contributed by atoms with Crippen LogP contribution in [0.3, 0.4) is 0 Å². The van der Waals surface area contributed by atoms with Crippen LogP contribution >= 0.6 is 28.6 Å². The summed E-state index contributed by atoms with van der Waals surface area (Å²) in [5, 5.41) is 10.5. The Morgan fingerprint density at radius 1 is 1.62 bits per heavy atom. The number of hydrogen-bond acceptors (Lipinski definition) is 4. The van der Waals surface area contributed by atoms with Gasteiger partial charge >= 0.3 is 0 Å². The summed E-state index contributed by atoms with van der Waals surface area (Å²) >= 11 is 7.15. The van der Waals surface area contributed by atoms with Gasteiger partial charge in [0, 0.05) is 4.90 Å². The van der Waals surface area contributed by atoms with E-state index in [1.54, 1.807) is 0 Å². The van der Waals surface area contributed by atoms with E-state index < -0.39 is 4.92 Å². The van der Waals surface area contributed by atoms with E-state index >= 15 is 0 Å². The molecule has 0 bridgehead atoms. The highest BCUT2D eigenvalue weighted by Crippen LogP contribution is 2.34. The Balaban J connectivity index is 3.30. The van der Waals surface area contributed by atoms with Crippen molar-refractivity contribution in [2.45, 2.75) is 4.90 Å². The van der Waals surface area contributed by atoms with Crippen LogP contribution in [0.5, 0.6) is 5.75 Å². The monoisotopic (exact) mass is 263 g/mol. The van der Waals surface area contributed by atoms with Gasteiger partial charge < -0.3 is 4.74 Å². The average molecular weight is 264 g/mol. The average Bonchev–Trinajstić information content (AvgIpc) is 2.03. The van der Waals surface area contributed by atoms with Crippen molar-refractivity contribution >= 4 is 34.2 Å². The molecule has 1 aromatic rings. The van der Waals surface area contributed by atoms with Crippen molar-refractivity contribution in [1.82, 2.24) is 0 Å². The summed E-state index contributed by atoms with van der Waals surface area (Å²) in [6.07, 6.45) is 0. The summed E-state index contributed by atoms with van der Waals surface area (Å²) in [6.45, 7) is 0. The summed E-state index contributed by atoms with van der Waals surface area (Å²) in [7, 11) is 1.44. The van der Waals surface area contributed by atoms with Gasteiger partial charge in [0.05, 0.1) is 22.6 Å². The van der Waals surface area contributed by atoms with Gasteiger partial charge in [-0.1, -0.05) is 0 Å². The third kappa shape index (κ3) is 2.13. The smallest absolute Gasteiger partial charge is 0.287 e. The van der Waals surface area contributed by atoms with Crippen molar-refractivity contribution in [1.29, 1.82) is 0 Å². The largest absolute Gasteiger partial charge is 0.495 e. The Kier molecular flexibility index (Phi) is 3.16. The van der Waals surface area contributed by atoms with E-state index in [-0.39, 0.29) is 5.69 Å². The lowest BCUT2D eigenvalue weighted by molar-refractivity contribution is -0.385. The minimum Gasteiger partial charge on any atom is -0.495 e. The van der Waals surface area contributed by atoms with Gasteiger partial charge in [-0.3, -0.25) is 10.1 Å². The molecule has 70 valence electrons. The van der Waals surface area contributed by atoms with E-state index in [0.29, 0.717) is 15.1 Å². The van der Waals surface area contributed by atoms with Gasteiger partial charge in [-0.25, -0.2) is 0 Å². The van der Waals surface area contributed by atoms with Gasteiger partial charge in [0.15, 0.2) is 0 Å². The van der Waals surface area contributed by atoms with Crippen molar-refractivity contribution in [3.8, 4) is 5.75 Å². The maximum atomic E-state index is 10.5. The fourth-order valence-electron chi connectivity index (χ4n) is 0.836. The molecule has 0 heterocycles. The molecule has 0 amide bonds. The first-order valence-electron chi connectivity index (χ1n) is 3.27. The van der Waals surface area contributed by atoms with Crippen LogP contribution in [0, 0.1) is 10.1 Å². The number of nitro groups is 1. The SMILES string of the molecule is COc1cc([N+](=O)[O-])c(Br)cc1S. The maximum Gasteiger partial charge on any atom is 0.287 e. The number of hydrogen-bond donors (Lipinski definition) is 1. The number of methoxy groups -OCH3 is 1. The van der Waals surface area contributed by atoms with E-state index in [1.165, 1.54) is 19.2 Å². The first-order chi connectivity index (χ1) is 6.06. The standard InChI is InChI=1S/C7H6BrNO3S/c1-12-6-3-5(9(10)11)4(8)2-7(6)13/h2-3,13H,1H3. The predicted octanol–water partition coefficient (Wildman–Crippen LogP) is 2.65. The van der Waals surface area contributed by atoms with Crippen LogP contribution in [0.1, 0.15) is 0 Å². The highest BCUT2D eigenvalue weighted by Gasteiger charge is 2.15. The molecule has 1 aromatic carbocycles. The second-order valence-electron chi connectivity index (χ2n) is 2.23. The number of benzene rings is 1. The van der Waals surface area contributed by atoms with Gasteiger partial charge in [0.2, 0.25) is 0 Å². The quantitative estimate of drug-likeness (QED) is 0.507. The molecule has 0 radical (unpaired) electrons. The van der Waals surface area contributed by atoms with Crippen LogP contribution in [0.15, 0.2) is 21.5 Å². The molecular weight excluding hydrogens is 258 g/mol. The van der Waals surface area contributed by atoms with Crippen LogP contribution < -0.4 is 4.74 Å². The van der Waals surface area contributed by atoms with Crippen LogP contribution in [0.4, 0.5) is 5.69 Å². The van der Waals surface area contributed by atoms with Gasteiger partial charge in [-0.05, 0) is 22.0 Å². The normalized spacial score (nSPS) is 9.77. The zero-order valence-electron chi connectivity index (χ0n) is 6.65. The van der Waals surface area contributed by atoms with E-state index in [4.69, 9.17) is 4.74 Å². The summed E-state index contributed by atoms with van der Waals surface area (Å²) in [4.78, 5) is 10.6. The number of thiol groups is 1. The van der Waals surface area contributed by atoms with Crippen LogP contribution in [0.25, 0.3) is 0 Å². The Hall–Kier alpha value is -0.750. The molecule has 4 nitrogen and oxygen atoms in total. The second kappa shape index (κ2) is 3.97. The molecule has 0 aliphatic heterocycles. The molecule has 0 unspecified atom stereocenters. The van der Waals surface area contributed by atoms with E-state index in [9.17, 15) is 10.1 Å². The van der Waals surface area contributed by atoms with Crippen molar-refractivity contribution in [2.75, 3.05) is 7.11 Å². The van der Waals surface area contributed by atoms with Crippen molar-refractivity contribution < 1.29 is 9.66 Å². The maximum absolute atomic E-state index is 10.5. The Labute approximate surface area is 88.6 Å². The molecule has 0 aromatic heterocycles. The first kappa shape index (κ1) is 10.3. The summed E-state index contributed by atoms with van der Waals surface area (Å²) in [5.41, 5.74) is -0.0327. The molecule has 6 heteroatoms. The molecule has 0 spiro atoms. The van der Waals surface area contributed by atoms with E-state index in [2.05, 4.69) is 28.6 Å². The lowest BCUT2D eigenvalue weighted by Gasteiger charge is -2.03. The highest BCUT2D eigenvalue weighted by atomic mass is 79.9. The van der Waals surface area contributed by atoms with Gasteiger partial charge in [0.1, 0.15) is 5.75 Å². The van der Waals surface area contributed by atoms with Crippen molar-refractivity contribution in [3.05, 3.63) is 26.7 Å². The number of halogens is 1. The van der Waals surface area contributed by atoms with Gasteiger partial charge in [-0.15, -0.1) is 12.6 Å². The minimum absolute atomic E-state index is 0.0327. The number of ether oxygens (including phenoxy) is 1. The van der Waals surface area contributed by atoms with Crippen molar-refractivity contribution in [3.63, 3.8) is 0 Å². The topological polar surface area (TPSA) is 52.4 Å². The molecule has 0 saturated heterocycles. The van der Waals surface area contributed by atoms with Crippen LogP contribution in [-0.2, 0) is 0 Å². The number of rotatable bonds is 2. The zero-order chi connectivity index (χ0) is 10.0. The van der Waals surface area contributed by atoms with Crippen molar-refractivity contribution in [2.24, 2.45) is 0 Å². The molecule has 0 aliphatic carbocycles. The van der Waals surface area contributed by atoms with E-state index in [0.717, 1.165) is 0 Å². The van der Waals surface area contributed by atoms with E-state index in [1.807, 2.05) is 0 Å². The van der Waals surface area contributed by atoms with Crippen LogP contribution in [0.2, 0.25) is 0 Å². The summed E-state index contributed by atoms with van der Waals surface area (Å²) in [6, 6.07) is 2.85. The zero-order valence-corrected chi connectivity index (χ0v) is 9.13. The molecule has 0 N–H and O–H groups in total. The van der Waals surface area contributed by atoms with Gasteiger partial charge in [0.25, 0.3) is 5.69 Å². The Morgan fingerprint density at radius 3 is 2.69 bits per heavy atom. The first-order valence-corrected chi connectivity index (χ1v) is 4.51. The third-order valence-corrected chi connectivity index (χ3v) is 2.43. The van der Waals surface area contributed by atoms with Gasteiger partial charge in [-0.2, -0.15) is 0 Å². The third-order valence-electron chi connectivity index (χ3n) is 1.45. The van der Waals surface area contributed by atoms with Crippen LogP contribution in [-0.4, -0.2) is 12.0 Å². The Bertz CT molecular complexity index is 356. The second-order valence-corrected chi connectivity index (χ2v) is 3.57. The summed E-state index contributed by atoms with van der Waals surface area (Å²) < 4.78 is 5.28. The number of nitrogens with zero attached hydrogens (tertiary/aromatic N) is 1. The minimum atomic E-state index is -0.486. The summed E-state index contributed by atoms with van der Waals surface area (Å²) in [5.74, 6) is 0.387. The fourth-order valence-corrected chi connectivity index (χ4v) is 1.79. The number of nitro benzene ring substituents is 1. The molecule has 0 fully saturated rings. The molecule has 0 atom stereocenters. The predicted molar refractivity (Wildman–Crippen MR) is 54.6 cm³/mol.